The van der Waals surface area contributed by atoms with Gasteiger partial charge in [0.1, 0.15) is 0 Å². The van der Waals surface area contributed by atoms with Gasteiger partial charge in [-0.25, -0.2) is 0 Å². The molecule has 0 aliphatic carbocycles. The quantitative estimate of drug-likeness (QED) is 0.557. The van der Waals surface area contributed by atoms with Crippen LogP contribution < -0.4 is 0 Å². The highest BCUT2D eigenvalue weighted by atomic mass is 127. The molecule has 0 bridgehead atoms. The van der Waals surface area contributed by atoms with Crippen molar-refractivity contribution in [2.75, 3.05) is 6.61 Å². The monoisotopic (exact) mass is 212 g/mol. The van der Waals surface area contributed by atoms with Crippen LogP contribution >= 0.6 is 22.6 Å². The summed E-state index contributed by atoms with van der Waals surface area (Å²) in [6.07, 6.45) is 3.93. The number of halogens is 1. The van der Waals surface area contributed by atoms with Crippen molar-refractivity contribution < 1.29 is 5.11 Å². The molecule has 2 heteroatoms. The van der Waals surface area contributed by atoms with E-state index < -0.39 is 0 Å². The summed E-state index contributed by atoms with van der Waals surface area (Å²) >= 11 is 2.16. The molecule has 0 spiro atoms. The van der Waals surface area contributed by atoms with E-state index in [0.717, 1.165) is 12.8 Å². The number of rotatable bonds is 3. The summed E-state index contributed by atoms with van der Waals surface area (Å²) in [6, 6.07) is 0. The van der Waals surface area contributed by atoms with Crippen LogP contribution in [-0.4, -0.2) is 11.7 Å². The average molecular weight is 212 g/mol. The topological polar surface area (TPSA) is 20.2 Å². The van der Waals surface area contributed by atoms with Gasteiger partial charge in [0.25, 0.3) is 0 Å². The fourth-order valence-corrected chi connectivity index (χ4v) is 0.632. The number of unbranched alkanes of at least 4 members (excludes halogenated alkanes) is 1. The second-order valence-corrected chi connectivity index (χ2v) is 1.95. The molecule has 0 radical (unpaired) electrons. The molecule has 0 heterocycles. The summed E-state index contributed by atoms with van der Waals surface area (Å²) in [5.74, 6) is 0. The van der Waals surface area contributed by atoms with Crippen molar-refractivity contribution in [2.24, 2.45) is 0 Å². The molecule has 0 fully saturated rings. The molecule has 42 valence electrons. The molecule has 1 nitrogen and oxygen atoms in total. The van der Waals surface area contributed by atoms with Gasteiger partial charge in [-0.15, -0.1) is 0 Å². The van der Waals surface area contributed by atoms with Gasteiger partial charge in [-0.2, -0.15) is 0 Å². The lowest BCUT2D eigenvalue weighted by Crippen LogP contribution is -1.76. The molecule has 0 amide bonds. The minimum absolute atomic E-state index is 0.307. The van der Waals surface area contributed by atoms with E-state index in [1.807, 2.05) is 10.2 Å². The third-order valence-corrected chi connectivity index (χ3v) is 1.13. The maximum atomic E-state index is 8.26. The van der Waals surface area contributed by atoms with Gasteiger partial charge in [0, 0.05) is 6.61 Å². The summed E-state index contributed by atoms with van der Waals surface area (Å²) in [5, 5.41) is 8.26. The Morgan fingerprint density at radius 2 is 2.29 bits per heavy atom. The highest BCUT2D eigenvalue weighted by Gasteiger charge is 1.74. The van der Waals surface area contributed by atoms with Crippen molar-refractivity contribution in [1.29, 1.82) is 0 Å². The normalized spacial score (nSPS) is 10.6. The first-order chi connectivity index (χ1) is 3.41. The fourth-order valence-electron chi connectivity index (χ4n) is 0.272. The lowest BCUT2D eigenvalue weighted by Gasteiger charge is -1.83. The molecule has 0 saturated carbocycles. The fraction of sp³-hybridized carbons (Fsp3) is 0.600. The van der Waals surface area contributed by atoms with Crippen molar-refractivity contribution in [2.45, 2.75) is 12.8 Å². The Hall–Kier alpha value is 0.430. The highest BCUT2D eigenvalue weighted by Crippen LogP contribution is 1.91. The van der Waals surface area contributed by atoms with E-state index in [9.17, 15) is 0 Å². The van der Waals surface area contributed by atoms with Crippen LogP contribution in [0.15, 0.2) is 10.2 Å². The van der Waals surface area contributed by atoms with E-state index in [2.05, 4.69) is 22.6 Å². The molecular weight excluding hydrogens is 203 g/mol. The van der Waals surface area contributed by atoms with E-state index >= 15 is 0 Å². The minimum atomic E-state index is 0.307. The standard InChI is InChI=1S/C5H9IO/c6-4-2-1-3-5-7/h2,4,7H,1,3,5H2/b4-2+. The molecular formula is C5H9IO. The van der Waals surface area contributed by atoms with Gasteiger partial charge in [0.05, 0.1) is 0 Å². The lowest BCUT2D eigenvalue weighted by molar-refractivity contribution is 0.289. The van der Waals surface area contributed by atoms with E-state index in [0.29, 0.717) is 6.61 Å². The Balaban J connectivity index is 2.69. The van der Waals surface area contributed by atoms with Crippen LogP contribution in [0.25, 0.3) is 0 Å². The zero-order valence-electron chi connectivity index (χ0n) is 4.10. The van der Waals surface area contributed by atoms with Gasteiger partial charge in [-0.05, 0) is 16.9 Å². The smallest absolute Gasteiger partial charge is 0.0433 e. The zero-order chi connectivity index (χ0) is 5.54. The van der Waals surface area contributed by atoms with Crippen LogP contribution in [0.3, 0.4) is 0 Å². The van der Waals surface area contributed by atoms with Crippen molar-refractivity contribution in [3.8, 4) is 0 Å². The highest BCUT2D eigenvalue weighted by molar-refractivity contribution is 14.1. The Morgan fingerprint density at radius 1 is 1.57 bits per heavy atom. The summed E-state index contributed by atoms with van der Waals surface area (Å²) in [5.41, 5.74) is 0. The van der Waals surface area contributed by atoms with Crippen molar-refractivity contribution in [3.05, 3.63) is 10.2 Å². The molecule has 0 unspecified atom stereocenters. The minimum Gasteiger partial charge on any atom is -0.396 e. The second kappa shape index (κ2) is 6.43. The third kappa shape index (κ3) is 6.43. The number of hydrogen-bond acceptors (Lipinski definition) is 1. The van der Waals surface area contributed by atoms with Crippen molar-refractivity contribution in [1.82, 2.24) is 0 Å². The van der Waals surface area contributed by atoms with Crippen LogP contribution in [-0.2, 0) is 0 Å². The van der Waals surface area contributed by atoms with E-state index in [1.54, 1.807) is 0 Å². The summed E-state index contributed by atoms with van der Waals surface area (Å²) in [7, 11) is 0. The maximum Gasteiger partial charge on any atom is 0.0433 e. The maximum absolute atomic E-state index is 8.26. The van der Waals surface area contributed by atoms with Gasteiger partial charge in [0.2, 0.25) is 0 Å². The molecule has 7 heavy (non-hydrogen) atoms. The Kier molecular flexibility index (Phi) is 6.82. The van der Waals surface area contributed by atoms with Crippen LogP contribution in [0.1, 0.15) is 12.8 Å². The number of aliphatic hydroxyl groups excluding tert-OH is 1. The number of allylic oxidation sites excluding steroid dienone is 1. The van der Waals surface area contributed by atoms with Crippen LogP contribution in [0.5, 0.6) is 0 Å². The van der Waals surface area contributed by atoms with Crippen LogP contribution in [0, 0.1) is 0 Å². The molecule has 0 atom stereocenters. The predicted molar refractivity (Wildman–Crippen MR) is 39.5 cm³/mol. The van der Waals surface area contributed by atoms with Gasteiger partial charge in [0.15, 0.2) is 0 Å². The van der Waals surface area contributed by atoms with Crippen molar-refractivity contribution >= 4 is 22.6 Å². The Labute approximate surface area is 57.6 Å². The van der Waals surface area contributed by atoms with Gasteiger partial charge in [-0.3, -0.25) is 0 Å². The van der Waals surface area contributed by atoms with Crippen LogP contribution in [0.2, 0.25) is 0 Å². The number of aliphatic hydroxyl groups is 1. The predicted octanol–water partition coefficient (Wildman–Crippen LogP) is 1.71. The summed E-state index contributed by atoms with van der Waals surface area (Å²) in [4.78, 5) is 0. The first kappa shape index (κ1) is 7.43. The van der Waals surface area contributed by atoms with Gasteiger partial charge >= 0.3 is 0 Å². The van der Waals surface area contributed by atoms with E-state index in [1.165, 1.54) is 0 Å². The molecule has 0 rings (SSSR count). The summed E-state index contributed by atoms with van der Waals surface area (Å²) in [6.45, 7) is 0.307. The first-order valence-electron chi connectivity index (χ1n) is 2.28. The largest absolute Gasteiger partial charge is 0.396 e. The number of hydrogen-bond donors (Lipinski definition) is 1. The van der Waals surface area contributed by atoms with E-state index in [4.69, 9.17) is 5.11 Å². The SMILES string of the molecule is OCCC/C=C/I. The average Bonchev–Trinajstić information content (AvgIpc) is 1.69. The zero-order valence-corrected chi connectivity index (χ0v) is 6.26. The van der Waals surface area contributed by atoms with Gasteiger partial charge < -0.3 is 5.11 Å². The Morgan fingerprint density at radius 3 is 2.71 bits per heavy atom. The van der Waals surface area contributed by atoms with Crippen molar-refractivity contribution in [3.63, 3.8) is 0 Å². The molecule has 0 saturated heterocycles. The lowest BCUT2D eigenvalue weighted by atomic mass is 10.3. The van der Waals surface area contributed by atoms with Gasteiger partial charge in [-0.1, -0.05) is 28.7 Å². The molecule has 1 N–H and O–H groups in total. The summed E-state index contributed by atoms with van der Waals surface area (Å²) < 4.78 is 1.97. The third-order valence-electron chi connectivity index (χ3n) is 0.618. The molecule has 0 aliphatic rings. The van der Waals surface area contributed by atoms with E-state index in [-0.39, 0.29) is 0 Å². The molecule has 0 aliphatic heterocycles. The molecule has 0 aromatic carbocycles. The van der Waals surface area contributed by atoms with Crippen LogP contribution in [0.4, 0.5) is 0 Å². The Bertz CT molecular complexity index is 52.0. The second-order valence-electron chi connectivity index (χ2n) is 1.23. The molecule has 0 aromatic heterocycles. The first-order valence-corrected chi connectivity index (χ1v) is 3.52. The molecule has 0 aromatic rings.